The van der Waals surface area contributed by atoms with Gasteiger partial charge in [0.2, 0.25) is 0 Å². The highest BCUT2D eigenvalue weighted by molar-refractivity contribution is 5.39. The maximum absolute atomic E-state index is 5.97. The summed E-state index contributed by atoms with van der Waals surface area (Å²) in [5.41, 5.74) is 1.16. The van der Waals surface area contributed by atoms with Gasteiger partial charge in [-0.15, -0.1) is 0 Å². The summed E-state index contributed by atoms with van der Waals surface area (Å²) in [5, 5.41) is 3.45. The maximum Gasteiger partial charge on any atom is 0.131 e. The number of hydrogen-bond acceptors (Lipinski definition) is 3. The number of benzene rings is 2. The summed E-state index contributed by atoms with van der Waals surface area (Å²) in [6, 6.07) is 15.7. The van der Waals surface area contributed by atoms with Crippen LogP contribution < -0.4 is 14.8 Å². The van der Waals surface area contributed by atoms with Gasteiger partial charge in [0.25, 0.3) is 0 Å². The second-order valence-corrected chi connectivity index (χ2v) is 5.41. The topological polar surface area (TPSA) is 30.5 Å². The van der Waals surface area contributed by atoms with Gasteiger partial charge >= 0.3 is 0 Å². The highest BCUT2D eigenvalue weighted by Gasteiger charge is 2.05. The molecule has 2 aromatic carbocycles. The van der Waals surface area contributed by atoms with Crippen LogP contribution in [0.4, 0.5) is 0 Å². The minimum atomic E-state index is 0.639. The third kappa shape index (κ3) is 4.80. The molecule has 0 aromatic heterocycles. The van der Waals surface area contributed by atoms with E-state index in [4.69, 9.17) is 9.47 Å². The van der Waals surface area contributed by atoms with E-state index in [1.807, 2.05) is 42.5 Å². The summed E-state index contributed by atoms with van der Waals surface area (Å²) in [7, 11) is 1.66. The lowest BCUT2D eigenvalue weighted by molar-refractivity contribution is 0.412. The molecule has 0 spiro atoms. The van der Waals surface area contributed by atoms with Gasteiger partial charge in [-0.1, -0.05) is 32.0 Å². The van der Waals surface area contributed by atoms with Gasteiger partial charge in [0.1, 0.15) is 17.2 Å². The van der Waals surface area contributed by atoms with Crippen molar-refractivity contribution >= 4 is 0 Å². The standard InChI is InChI=1S/C18H23NO2/c1-14(2)12-19-13-15-6-4-5-7-18(15)21-17-10-8-16(20-3)9-11-17/h4-11,14,19H,12-13H2,1-3H3. The zero-order chi connectivity index (χ0) is 15.1. The van der Waals surface area contributed by atoms with E-state index in [1.54, 1.807) is 7.11 Å². The molecule has 0 atom stereocenters. The molecule has 0 aliphatic heterocycles. The van der Waals surface area contributed by atoms with Crippen molar-refractivity contribution in [3.05, 3.63) is 54.1 Å². The predicted octanol–water partition coefficient (Wildman–Crippen LogP) is 4.23. The average Bonchev–Trinajstić information content (AvgIpc) is 2.49. The van der Waals surface area contributed by atoms with Gasteiger partial charge in [0.15, 0.2) is 0 Å². The Kier molecular flexibility index (Phi) is 5.64. The summed E-state index contributed by atoms with van der Waals surface area (Å²) in [5.74, 6) is 3.17. The molecule has 0 aliphatic rings. The first kappa shape index (κ1) is 15.4. The van der Waals surface area contributed by atoms with E-state index in [0.717, 1.165) is 35.9 Å². The van der Waals surface area contributed by atoms with E-state index in [0.29, 0.717) is 5.92 Å². The minimum Gasteiger partial charge on any atom is -0.497 e. The van der Waals surface area contributed by atoms with Crippen molar-refractivity contribution in [3.63, 3.8) is 0 Å². The SMILES string of the molecule is COc1ccc(Oc2ccccc2CNCC(C)C)cc1. The van der Waals surface area contributed by atoms with E-state index in [2.05, 4.69) is 25.2 Å². The van der Waals surface area contributed by atoms with Crippen LogP contribution in [0, 0.1) is 5.92 Å². The van der Waals surface area contributed by atoms with Crippen LogP contribution in [0.3, 0.4) is 0 Å². The monoisotopic (exact) mass is 285 g/mol. The molecule has 21 heavy (non-hydrogen) atoms. The number of methoxy groups -OCH3 is 1. The van der Waals surface area contributed by atoms with Crippen LogP contribution >= 0.6 is 0 Å². The Hall–Kier alpha value is -2.00. The van der Waals surface area contributed by atoms with E-state index in [1.165, 1.54) is 0 Å². The Balaban J connectivity index is 2.04. The highest BCUT2D eigenvalue weighted by Crippen LogP contribution is 2.26. The van der Waals surface area contributed by atoms with Crippen LogP contribution in [-0.2, 0) is 6.54 Å². The lowest BCUT2D eigenvalue weighted by atomic mass is 10.2. The normalized spacial score (nSPS) is 10.7. The number of para-hydroxylation sites is 1. The van der Waals surface area contributed by atoms with Crippen LogP contribution in [-0.4, -0.2) is 13.7 Å². The average molecular weight is 285 g/mol. The van der Waals surface area contributed by atoms with Gasteiger partial charge in [0.05, 0.1) is 7.11 Å². The van der Waals surface area contributed by atoms with E-state index in [-0.39, 0.29) is 0 Å². The van der Waals surface area contributed by atoms with Gasteiger partial charge in [-0.3, -0.25) is 0 Å². The van der Waals surface area contributed by atoms with Crippen molar-refractivity contribution in [2.75, 3.05) is 13.7 Å². The van der Waals surface area contributed by atoms with Crippen molar-refractivity contribution in [2.24, 2.45) is 5.92 Å². The van der Waals surface area contributed by atoms with Crippen LogP contribution in [0.5, 0.6) is 17.2 Å². The molecule has 2 rings (SSSR count). The summed E-state index contributed by atoms with van der Waals surface area (Å²) < 4.78 is 11.1. The molecule has 112 valence electrons. The molecule has 3 heteroatoms. The number of ether oxygens (including phenoxy) is 2. The molecule has 1 N–H and O–H groups in total. The molecule has 0 unspecified atom stereocenters. The zero-order valence-corrected chi connectivity index (χ0v) is 12.9. The van der Waals surface area contributed by atoms with Crippen LogP contribution in [0.25, 0.3) is 0 Å². The third-order valence-electron chi connectivity index (χ3n) is 3.13. The molecule has 0 radical (unpaired) electrons. The first-order valence-electron chi connectivity index (χ1n) is 7.29. The second-order valence-electron chi connectivity index (χ2n) is 5.41. The lowest BCUT2D eigenvalue weighted by Crippen LogP contribution is -2.19. The molecule has 0 saturated heterocycles. The summed E-state index contributed by atoms with van der Waals surface area (Å²) in [6.45, 7) is 6.21. The van der Waals surface area contributed by atoms with E-state index < -0.39 is 0 Å². The fraction of sp³-hybridized carbons (Fsp3) is 0.333. The van der Waals surface area contributed by atoms with Gasteiger partial charge < -0.3 is 14.8 Å². The Morgan fingerprint density at radius 1 is 0.952 bits per heavy atom. The number of hydrogen-bond donors (Lipinski definition) is 1. The quantitative estimate of drug-likeness (QED) is 0.825. The van der Waals surface area contributed by atoms with Gasteiger partial charge in [-0.05, 0) is 42.8 Å². The molecule has 2 aromatic rings. The molecule has 0 heterocycles. The van der Waals surface area contributed by atoms with E-state index in [9.17, 15) is 0 Å². The molecular weight excluding hydrogens is 262 g/mol. The Morgan fingerprint density at radius 2 is 1.62 bits per heavy atom. The maximum atomic E-state index is 5.97. The van der Waals surface area contributed by atoms with Crippen LogP contribution in [0.2, 0.25) is 0 Å². The first-order valence-corrected chi connectivity index (χ1v) is 7.29. The predicted molar refractivity (Wildman–Crippen MR) is 86.1 cm³/mol. The van der Waals surface area contributed by atoms with Crippen molar-refractivity contribution in [1.82, 2.24) is 5.32 Å². The molecule has 0 bridgehead atoms. The van der Waals surface area contributed by atoms with E-state index >= 15 is 0 Å². The van der Waals surface area contributed by atoms with Crippen molar-refractivity contribution in [2.45, 2.75) is 20.4 Å². The largest absolute Gasteiger partial charge is 0.497 e. The summed E-state index contributed by atoms with van der Waals surface area (Å²) in [4.78, 5) is 0. The minimum absolute atomic E-state index is 0.639. The smallest absolute Gasteiger partial charge is 0.131 e. The number of rotatable bonds is 7. The number of nitrogens with one attached hydrogen (secondary N) is 1. The van der Waals surface area contributed by atoms with Crippen LogP contribution in [0.15, 0.2) is 48.5 Å². The Bertz CT molecular complexity index is 549. The molecule has 0 saturated carbocycles. The van der Waals surface area contributed by atoms with Gasteiger partial charge in [-0.25, -0.2) is 0 Å². The Morgan fingerprint density at radius 3 is 2.29 bits per heavy atom. The molecular formula is C18H23NO2. The fourth-order valence-electron chi connectivity index (χ4n) is 2.02. The summed E-state index contributed by atoms with van der Waals surface area (Å²) in [6.07, 6.45) is 0. The van der Waals surface area contributed by atoms with Crippen LogP contribution in [0.1, 0.15) is 19.4 Å². The molecule has 0 aliphatic carbocycles. The lowest BCUT2D eigenvalue weighted by Gasteiger charge is -2.13. The second kappa shape index (κ2) is 7.70. The molecule has 0 amide bonds. The van der Waals surface area contributed by atoms with Crippen molar-refractivity contribution in [3.8, 4) is 17.2 Å². The zero-order valence-electron chi connectivity index (χ0n) is 12.9. The fourth-order valence-corrected chi connectivity index (χ4v) is 2.02. The van der Waals surface area contributed by atoms with Gasteiger partial charge in [0, 0.05) is 12.1 Å². The third-order valence-corrected chi connectivity index (χ3v) is 3.13. The van der Waals surface area contributed by atoms with Gasteiger partial charge in [-0.2, -0.15) is 0 Å². The molecule has 3 nitrogen and oxygen atoms in total. The molecule has 0 fully saturated rings. The van der Waals surface area contributed by atoms with Crippen molar-refractivity contribution < 1.29 is 9.47 Å². The first-order chi connectivity index (χ1) is 10.2. The highest BCUT2D eigenvalue weighted by atomic mass is 16.5. The summed E-state index contributed by atoms with van der Waals surface area (Å²) >= 11 is 0. The van der Waals surface area contributed by atoms with Crippen molar-refractivity contribution in [1.29, 1.82) is 0 Å². The Labute approximate surface area is 126 Å².